The van der Waals surface area contributed by atoms with E-state index in [9.17, 15) is 4.79 Å². The molecule has 4 rings (SSSR count). The molecule has 2 aromatic rings. The molecule has 1 aromatic carbocycles. The van der Waals surface area contributed by atoms with Crippen LogP contribution >= 0.6 is 0 Å². The maximum absolute atomic E-state index is 12.6. The summed E-state index contributed by atoms with van der Waals surface area (Å²) >= 11 is 0. The third-order valence-corrected chi connectivity index (χ3v) is 5.98. The van der Waals surface area contributed by atoms with Crippen molar-refractivity contribution in [1.29, 1.82) is 0 Å². The number of carbonyl (C=O) groups excluding carboxylic acids is 1. The predicted molar refractivity (Wildman–Crippen MR) is 95.0 cm³/mol. The maximum Gasteiger partial charge on any atom is 0.223 e. The number of nitrogens with zero attached hydrogens (tertiary/aromatic N) is 3. The molecule has 0 saturated carbocycles. The van der Waals surface area contributed by atoms with E-state index < -0.39 is 0 Å². The van der Waals surface area contributed by atoms with Crippen molar-refractivity contribution in [3.8, 4) is 0 Å². The van der Waals surface area contributed by atoms with Gasteiger partial charge in [-0.1, -0.05) is 6.07 Å². The lowest BCUT2D eigenvalue weighted by molar-refractivity contribution is -0.130. The van der Waals surface area contributed by atoms with Gasteiger partial charge in [-0.25, -0.2) is 4.98 Å². The fraction of sp³-hybridized carbons (Fsp3) is 0.579. The van der Waals surface area contributed by atoms with Gasteiger partial charge >= 0.3 is 0 Å². The second-order valence-corrected chi connectivity index (χ2v) is 7.48. The number of nitrogens with one attached hydrogen (secondary N) is 1. The number of fused-ring (bicyclic) bond motifs is 2. The smallest absolute Gasteiger partial charge is 0.223 e. The molecule has 0 aliphatic carbocycles. The average Bonchev–Trinajstić information content (AvgIpc) is 3.25. The Labute approximate surface area is 143 Å². The quantitative estimate of drug-likeness (QED) is 0.941. The van der Waals surface area contributed by atoms with Crippen molar-refractivity contribution in [2.45, 2.75) is 39.2 Å². The van der Waals surface area contributed by atoms with Gasteiger partial charge in [0.25, 0.3) is 0 Å². The lowest BCUT2D eigenvalue weighted by atomic mass is 10.1. The molecule has 0 bridgehead atoms. The highest BCUT2D eigenvalue weighted by Gasteiger charge is 2.40. The van der Waals surface area contributed by atoms with E-state index in [4.69, 9.17) is 4.98 Å². The van der Waals surface area contributed by atoms with E-state index in [0.717, 1.165) is 29.9 Å². The summed E-state index contributed by atoms with van der Waals surface area (Å²) in [4.78, 5) is 25.1. The van der Waals surface area contributed by atoms with Crippen LogP contribution in [0.5, 0.6) is 0 Å². The van der Waals surface area contributed by atoms with Crippen LogP contribution in [0.1, 0.15) is 29.8 Å². The number of aromatic nitrogens is 2. The zero-order chi connectivity index (χ0) is 16.8. The molecule has 1 amide bonds. The Kier molecular flexibility index (Phi) is 3.83. The van der Waals surface area contributed by atoms with E-state index in [1.165, 1.54) is 24.1 Å². The van der Waals surface area contributed by atoms with Crippen molar-refractivity contribution in [3.05, 3.63) is 29.1 Å². The number of rotatable bonds is 3. The predicted octanol–water partition coefficient (Wildman–Crippen LogP) is 2.27. The highest BCUT2D eigenvalue weighted by Crippen LogP contribution is 2.30. The van der Waals surface area contributed by atoms with E-state index in [2.05, 4.69) is 47.8 Å². The Hall–Kier alpha value is -1.88. The fourth-order valence-electron chi connectivity index (χ4n) is 4.24. The average molecular weight is 326 g/mol. The largest absolute Gasteiger partial charge is 0.342 e. The Morgan fingerprint density at radius 1 is 1.33 bits per heavy atom. The second-order valence-electron chi connectivity index (χ2n) is 7.48. The third kappa shape index (κ3) is 2.61. The van der Waals surface area contributed by atoms with Crippen LogP contribution in [0.2, 0.25) is 0 Å². The fourth-order valence-corrected chi connectivity index (χ4v) is 4.24. The molecule has 128 valence electrons. The highest BCUT2D eigenvalue weighted by atomic mass is 16.2. The van der Waals surface area contributed by atoms with Crippen molar-refractivity contribution >= 4 is 16.9 Å². The molecule has 2 aliphatic rings. The number of hydrogen-bond donors (Lipinski definition) is 1. The summed E-state index contributed by atoms with van der Waals surface area (Å²) in [5.41, 5.74) is 4.58. The molecule has 2 aliphatic heterocycles. The number of likely N-dealkylation sites (tertiary alicyclic amines) is 2. The van der Waals surface area contributed by atoms with Gasteiger partial charge in [0.1, 0.15) is 5.82 Å². The number of H-pyrrole nitrogens is 1. The number of aryl methyl sites for hydroxylation is 3. The van der Waals surface area contributed by atoms with E-state index in [1.807, 2.05) is 0 Å². The molecule has 5 nitrogen and oxygen atoms in total. The lowest BCUT2D eigenvalue weighted by Gasteiger charge is -2.20. The Morgan fingerprint density at radius 2 is 2.17 bits per heavy atom. The molecule has 1 aromatic heterocycles. The van der Waals surface area contributed by atoms with Gasteiger partial charge in [0.15, 0.2) is 0 Å². The molecular weight excluding hydrogens is 300 g/mol. The van der Waals surface area contributed by atoms with E-state index in [1.54, 1.807) is 0 Å². The van der Waals surface area contributed by atoms with Gasteiger partial charge in [0, 0.05) is 32.0 Å². The number of benzene rings is 1. The van der Waals surface area contributed by atoms with Gasteiger partial charge < -0.3 is 14.8 Å². The first-order chi connectivity index (χ1) is 11.5. The van der Waals surface area contributed by atoms with Crippen molar-refractivity contribution in [1.82, 2.24) is 19.8 Å². The molecule has 0 spiro atoms. The minimum atomic E-state index is 0.270. The molecule has 2 atom stereocenters. The van der Waals surface area contributed by atoms with Gasteiger partial charge in [-0.3, -0.25) is 4.79 Å². The lowest BCUT2D eigenvalue weighted by Crippen LogP contribution is -2.35. The number of carbonyl (C=O) groups is 1. The molecule has 3 heterocycles. The topological polar surface area (TPSA) is 52.2 Å². The summed E-state index contributed by atoms with van der Waals surface area (Å²) in [5.74, 6) is 1.87. The Balaban J connectivity index is 1.40. The zero-order valence-electron chi connectivity index (χ0n) is 14.8. The molecular formula is C19H26N4O. The van der Waals surface area contributed by atoms with Gasteiger partial charge in [-0.2, -0.15) is 0 Å². The first kappa shape index (κ1) is 15.6. The van der Waals surface area contributed by atoms with Crippen LogP contribution < -0.4 is 0 Å². The van der Waals surface area contributed by atoms with Crippen molar-refractivity contribution in [3.63, 3.8) is 0 Å². The summed E-state index contributed by atoms with van der Waals surface area (Å²) in [7, 11) is 2.18. The van der Waals surface area contributed by atoms with Crippen molar-refractivity contribution in [2.75, 3.05) is 26.7 Å². The molecule has 2 fully saturated rings. The summed E-state index contributed by atoms with van der Waals surface area (Å²) < 4.78 is 0. The van der Waals surface area contributed by atoms with Crippen molar-refractivity contribution in [2.24, 2.45) is 5.92 Å². The molecule has 2 saturated heterocycles. The summed E-state index contributed by atoms with van der Waals surface area (Å²) in [6.07, 6.45) is 2.46. The van der Waals surface area contributed by atoms with E-state index in [-0.39, 0.29) is 5.91 Å². The maximum atomic E-state index is 12.6. The normalized spacial score (nSPS) is 24.0. The molecule has 24 heavy (non-hydrogen) atoms. The van der Waals surface area contributed by atoms with Gasteiger partial charge in [-0.15, -0.1) is 0 Å². The Morgan fingerprint density at radius 3 is 2.96 bits per heavy atom. The standard InChI is InChI=1S/C19H26N4O/c1-12-4-5-15-19(13(12)2)21-17(20-15)6-7-18(24)23-10-14-8-9-22(3)16(14)11-23/h4-5,14,16H,6-11H2,1-3H3,(H,20,21)/t14-,16+/m0/s1. The first-order valence-corrected chi connectivity index (χ1v) is 8.95. The number of amides is 1. The second kappa shape index (κ2) is 5.88. The molecule has 0 radical (unpaired) electrons. The van der Waals surface area contributed by atoms with Crippen LogP contribution in [0, 0.1) is 19.8 Å². The number of aromatic amines is 1. The third-order valence-electron chi connectivity index (χ3n) is 5.98. The molecule has 5 heteroatoms. The first-order valence-electron chi connectivity index (χ1n) is 8.95. The van der Waals surface area contributed by atoms with Crippen LogP contribution in [-0.2, 0) is 11.2 Å². The zero-order valence-corrected chi connectivity index (χ0v) is 14.8. The number of imidazole rings is 1. The van der Waals surface area contributed by atoms with Crippen molar-refractivity contribution < 1.29 is 4.79 Å². The molecule has 1 N–H and O–H groups in total. The van der Waals surface area contributed by atoms with Gasteiger partial charge in [-0.05, 0) is 57.0 Å². The summed E-state index contributed by atoms with van der Waals surface area (Å²) in [5, 5.41) is 0. The van der Waals surface area contributed by atoms with Crippen LogP contribution in [-0.4, -0.2) is 58.4 Å². The van der Waals surface area contributed by atoms with Crippen LogP contribution in [0.4, 0.5) is 0 Å². The van der Waals surface area contributed by atoms with Crippen LogP contribution in [0.15, 0.2) is 12.1 Å². The summed E-state index contributed by atoms with van der Waals surface area (Å²) in [6.45, 7) is 7.22. The van der Waals surface area contributed by atoms with Gasteiger partial charge in [0.2, 0.25) is 5.91 Å². The van der Waals surface area contributed by atoms with Crippen LogP contribution in [0.25, 0.3) is 11.0 Å². The minimum absolute atomic E-state index is 0.270. The number of likely N-dealkylation sites (N-methyl/N-ethyl adjacent to an activating group) is 1. The highest BCUT2D eigenvalue weighted by molar-refractivity contribution is 5.80. The molecule has 0 unspecified atom stereocenters. The van der Waals surface area contributed by atoms with E-state index >= 15 is 0 Å². The minimum Gasteiger partial charge on any atom is -0.342 e. The van der Waals surface area contributed by atoms with E-state index in [0.29, 0.717) is 24.8 Å². The van der Waals surface area contributed by atoms with Gasteiger partial charge in [0.05, 0.1) is 11.0 Å². The SMILES string of the molecule is Cc1ccc2[nH]c(CCC(=O)N3C[C@@H]4CCN(C)[C@@H]4C3)nc2c1C. The summed E-state index contributed by atoms with van der Waals surface area (Å²) in [6, 6.07) is 4.77. The Bertz CT molecular complexity index is 781. The monoisotopic (exact) mass is 326 g/mol. The number of hydrogen-bond acceptors (Lipinski definition) is 3. The van der Waals surface area contributed by atoms with Crippen LogP contribution in [0.3, 0.4) is 0 Å².